The first kappa shape index (κ1) is 26.1. The lowest BCUT2D eigenvalue weighted by Crippen LogP contribution is -2.07. The summed E-state index contributed by atoms with van der Waals surface area (Å²) in [5, 5.41) is 7.60. The molecule has 1 saturated heterocycles. The highest BCUT2D eigenvalue weighted by atomic mass is 16.5. The molecule has 0 aromatic heterocycles. The Hall–Kier alpha value is -2.11. The number of ether oxygens (including phenoxy) is 2. The number of carbonyl (C=O) groups excluding carboxylic acids is 2. The van der Waals surface area contributed by atoms with E-state index in [2.05, 4.69) is 20.1 Å². The van der Waals surface area contributed by atoms with Crippen molar-refractivity contribution in [3.05, 3.63) is 24.8 Å². The van der Waals surface area contributed by atoms with Gasteiger partial charge >= 0.3 is 17.9 Å². The van der Waals surface area contributed by atoms with Gasteiger partial charge < -0.3 is 14.6 Å². The van der Waals surface area contributed by atoms with Crippen molar-refractivity contribution >= 4 is 17.9 Å². The first-order valence-electron chi connectivity index (χ1n) is 9.24. The summed E-state index contributed by atoms with van der Waals surface area (Å²) in [6, 6.07) is 0. The molecule has 0 aromatic carbocycles. The first-order valence-corrected chi connectivity index (χ1v) is 9.24. The smallest absolute Gasteiger partial charge is 0.333 e. The fourth-order valence-electron chi connectivity index (χ4n) is 1.75. The Labute approximate surface area is 157 Å². The molecule has 0 bridgehead atoms. The number of carboxylic acids is 1. The number of unbranched alkanes of at least 4 members (excludes halogenated alkanes) is 3. The van der Waals surface area contributed by atoms with E-state index in [1.165, 1.54) is 12.8 Å². The van der Waals surface area contributed by atoms with E-state index in [1.807, 2.05) is 6.92 Å². The van der Waals surface area contributed by atoms with E-state index in [9.17, 15) is 14.4 Å². The molecule has 0 aliphatic carbocycles. The van der Waals surface area contributed by atoms with Gasteiger partial charge in [-0.15, -0.1) is 0 Å². The lowest BCUT2D eigenvalue weighted by molar-refractivity contribution is -0.142. The van der Waals surface area contributed by atoms with Crippen molar-refractivity contribution in [2.24, 2.45) is 0 Å². The van der Waals surface area contributed by atoms with Crippen LogP contribution in [0.1, 0.15) is 71.6 Å². The van der Waals surface area contributed by atoms with Gasteiger partial charge in [-0.1, -0.05) is 46.3 Å². The minimum absolute atomic E-state index is 0.0255. The van der Waals surface area contributed by atoms with Gasteiger partial charge in [0.2, 0.25) is 0 Å². The van der Waals surface area contributed by atoms with Gasteiger partial charge in [0.15, 0.2) is 0 Å². The summed E-state index contributed by atoms with van der Waals surface area (Å²) in [5.74, 6) is -1.24. The summed E-state index contributed by atoms with van der Waals surface area (Å²) in [7, 11) is 0. The highest BCUT2D eigenvalue weighted by Gasteiger charge is 2.06. The number of cyclic esters (lactones) is 1. The molecule has 1 N–H and O–H groups in total. The maximum atomic E-state index is 11.1. The Kier molecular flexibility index (Phi) is 19.3. The van der Waals surface area contributed by atoms with Crippen LogP contribution in [0.25, 0.3) is 0 Å². The lowest BCUT2D eigenvalue weighted by Gasteiger charge is -2.04. The average Bonchev–Trinajstić information content (AvgIpc) is 2.89. The molecule has 1 rings (SSSR count). The normalized spacial score (nSPS) is 12.8. The molecule has 0 saturated carbocycles. The summed E-state index contributed by atoms with van der Waals surface area (Å²) in [6.45, 7) is 11.8. The van der Waals surface area contributed by atoms with Crippen molar-refractivity contribution < 1.29 is 29.0 Å². The largest absolute Gasteiger partial charge is 0.478 e. The Morgan fingerprint density at radius 2 is 1.85 bits per heavy atom. The number of rotatable bonds is 8. The van der Waals surface area contributed by atoms with Crippen LogP contribution < -0.4 is 0 Å². The third-order valence-corrected chi connectivity index (χ3v) is 3.41. The molecule has 0 unspecified atom stereocenters. The topological polar surface area (TPSA) is 89.9 Å². The molecule has 1 heterocycles. The molecular formula is C20H34O6. The number of aliphatic carboxylic acids is 1. The van der Waals surface area contributed by atoms with Gasteiger partial charge in [0, 0.05) is 18.1 Å². The zero-order valence-electron chi connectivity index (χ0n) is 16.3. The molecule has 0 amide bonds. The molecule has 150 valence electrons. The van der Waals surface area contributed by atoms with Crippen molar-refractivity contribution in [1.82, 2.24) is 0 Å². The van der Waals surface area contributed by atoms with Gasteiger partial charge in [0.1, 0.15) is 0 Å². The zero-order chi connectivity index (χ0) is 20.2. The molecule has 26 heavy (non-hydrogen) atoms. The fraction of sp³-hybridized carbons (Fsp3) is 0.650. The molecule has 1 fully saturated rings. The molecule has 6 nitrogen and oxygen atoms in total. The molecular weight excluding hydrogens is 336 g/mol. The van der Waals surface area contributed by atoms with Crippen LogP contribution >= 0.6 is 0 Å². The van der Waals surface area contributed by atoms with Crippen LogP contribution in [0, 0.1) is 0 Å². The van der Waals surface area contributed by atoms with E-state index in [0.717, 1.165) is 38.2 Å². The quantitative estimate of drug-likeness (QED) is 0.386. The lowest BCUT2D eigenvalue weighted by atomic mass is 10.2. The van der Waals surface area contributed by atoms with Crippen LogP contribution in [0.2, 0.25) is 0 Å². The second-order valence-corrected chi connectivity index (χ2v) is 5.73. The third kappa shape index (κ3) is 19.9. The van der Waals surface area contributed by atoms with Gasteiger partial charge in [0.25, 0.3) is 0 Å². The molecule has 6 heteroatoms. The predicted molar refractivity (Wildman–Crippen MR) is 102 cm³/mol. The van der Waals surface area contributed by atoms with E-state index in [1.54, 1.807) is 0 Å². The Morgan fingerprint density at radius 3 is 2.38 bits per heavy atom. The van der Waals surface area contributed by atoms with Crippen LogP contribution in [-0.4, -0.2) is 36.2 Å². The van der Waals surface area contributed by atoms with Crippen LogP contribution in [-0.2, 0) is 23.9 Å². The van der Waals surface area contributed by atoms with Crippen LogP contribution in [0.15, 0.2) is 24.8 Å². The molecule has 0 spiro atoms. The SMILES string of the molecule is C=C(CC)C(=O)OCCCCCC.C=CC(=O)O.O=C1CCCCCO1. The number of esters is 2. The van der Waals surface area contributed by atoms with E-state index >= 15 is 0 Å². The minimum atomic E-state index is -0.981. The van der Waals surface area contributed by atoms with Crippen LogP contribution in [0.3, 0.4) is 0 Å². The van der Waals surface area contributed by atoms with Crippen molar-refractivity contribution in [1.29, 1.82) is 0 Å². The predicted octanol–water partition coefficient (Wildman–Crippen LogP) is 4.44. The van der Waals surface area contributed by atoms with Gasteiger partial charge in [-0.3, -0.25) is 4.79 Å². The maximum absolute atomic E-state index is 11.1. The fourth-order valence-corrected chi connectivity index (χ4v) is 1.75. The second-order valence-electron chi connectivity index (χ2n) is 5.73. The molecule has 0 aromatic rings. The van der Waals surface area contributed by atoms with Gasteiger partial charge in [-0.2, -0.15) is 0 Å². The van der Waals surface area contributed by atoms with E-state index < -0.39 is 5.97 Å². The number of hydrogen-bond donors (Lipinski definition) is 1. The van der Waals surface area contributed by atoms with Crippen molar-refractivity contribution in [3.8, 4) is 0 Å². The monoisotopic (exact) mass is 370 g/mol. The van der Waals surface area contributed by atoms with Gasteiger partial charge in [0.05, 0.1) is 13.2 Å². The summed E-state index contributed by atoms with van der Waals surface area (Å²) >= 11 is 0. The van der Waals surface area contributed by atoms with E-state index in [4.69, 9.17) is 14.6 Å². The van der Waals surface area contributed by atoms with E-state index in [0.29, 0.717) is 31.6 Å². The van der Waals surface area contributed by atoms with Gasteiger partial charge in [-0.25, -0.2) is 9.59 Å². The second kappa shape index (κ2) is 19.2. The van der Waals surface area contributed by atoms with Crippen molar-refractivity contribution in [3.63, 3.8) is 0 Å². The van der Waals surface area contributed by atoms with Gasteiger partial charge in [-0.05, 0) is 32.1 Å². The van der Waals surface area contributed by atoms with Crippen molar-refractivity contribution in [2.75, 3.05) is 13.2 Å². The Balaban J connectivity index is 0. The summed E-state index contributed by atoms with van der Waals surface area (Å²) in [4.78, 5) is 30.8. The number of hydrogen-bond acceptors (Lipinski definition) is 5. The summed E-state index contributed by atoms with van der Waals surface area (Å²) in [5.41, 5.74) is 0.565. The van der Waals surface area contributed by atoms with Crippen LogP contribution in [0.5, 0.6) is 0 Å². The first-order chi connectivity index (χ1) is 12.4. The molecule has 0 atom stereocenters. The third-order valence-electron chi connectivity index (χ3n) is 3.41. The summed E-state index contributed by atoms with van der Waals surface area (Å²) < 4.78 is 9.77. The summed E-state index contributed by atoms with van der Waals surface area (Å²) in [6.07, 6.45) is 9.87. The maximum Gasteiger partial charge on any atom is 0.333 e. The molecule has 0 radical (unpaired) electrons. The number of carboxylic acid groups (broad SMARTS) is 1. The highest BCUT2D eigenvalue weighted by molar-refractivity contribution is 5.87. The standard InChI is InChI=1S/C11H20O2.C6H10O2.C3H4O2/c1-4-6-7-8-9-13-11(12)10(3)5-2;7-6-4-2-1-3-5-8-6;1-2-3(4)5/h3-9H2,1-2H3;1-5H2;2H,1H2,(H,4,5). The molecule has 1 aliphatic rings. The Bertz CT molecular complexity index is 418. The van der Waals surface area contributed by atoms with Crippen molar-refractivity contribution in [2.45, 2.75) is 71.6 Å². The average molecular weight is 370 g/mol. The van der Waals surface area contributed by atoms with Crippen LogP contribution in [0.4, 0.5) is 0 Å². The van der Waals surface area contributed by atoms with E-state index in [-0.39, 0.29) is 11.9 Å². The minimum Gasteiger partial charge on any atom is -0.478 e. The Morgan fingerprint density at radius 1 is 1.19 bits per heavy atom. The highest BCUT2D eigenvalue weighted by Crippen LogP contribution is 2.06. The molecule has 1 aliphatic heterocycles. The zero-order valence-corrected chi connectivity index (χ0v) is 16.3. The number of carbonyl (C=O) groups is 3.